The molecule has 0 bridgehead atoms. The van der Waals surface area contributed by atoms with Gasteiger partial charge in [-0.1, -0.05) is 22.0 Å². The van der Waals surface area contributed by atoms with Gasteiger partial charge < -0.3 is 15.0 Å². The zero-order valence-electron chi connectivity index (χ0n) is 11.6. The van der Waals surface area contributed by atoms with Gasteiger partial charge >= 0.3 is 0 Å². The first-order valence-corrected chi connectivity index (χ1v) is 7.81. The number of nitrogens with one attached hydrogen (secondary N) is 1. The largest absolute Gasteiger partial charge is 0.492 e. The standard InChI is InChI=1S/C15H23BrN2O/c1-18(12-13-5-7-17-8-6-13)9-10-19-15-4-2-3-14(16)11-15/h2-4,11,13,17H,5-10,12H2,1H3. The molecule has 0 atom stereocenters. The summed E-state index contributed by atoms with van der Waals surface area (Å²) in [6, 6.07) is 8.01. The fraction of sp³-hybridized carbons (Fsp3) is 0.600. The van der Waals surface area contributed by atoms with Gasteiger partial charge in [-0.2, -0.15) is 0 Å². The van der Waals surface area contributed by atoms with E-state index in [1.807, 2.05) is 24.3 Å². The number of piperidine rings is 1. The van der Waals surface area contributed by atoms with Crippen LogP contribution in [0.5, 0.6) is 5.75 Å². The number of hydrogen-bond acceptors (Lipinski definition) is 3. The zero-order valence-corrected chi connectivity index (χ0v) is 13.2. The highest BCUT2D eigenvalue weighted by Crippen LogP contribution is 2.17. The van der Waals surface area contributed by atoms with Gasteiger partial charge in [0, 0.05) is 17.6 Å². The van der Waals surface area contributed by atoms with Crippen LogP contribution >= 0.6 is 15.9 Å². The van der Waals surface area contributed by atoms with E-state index in [1.54, 1.807) is 0 Å². The highest BCUT2D eigenvalue weighted by Gasteiger charge is 2.14. The highest BCUT2D eigenvalue weighted by molar-refractivity contribution is 9.10. The van der Waals surface area contributed by atoms with Gasteiger partial charge in [-0.25, -0.2) is 0 Å². The van der Waals surface area contributed by atoms with E-state index >= 15 is 0 Å². The molecule has 1 saturated heterocycles. The van der Waals surface area contributed by atoms with Crippen LogP contribution in [0.3, 0.4) is 0 Å². The lowest BCUT2D eigenvalue weighted by atomic mass is 9.98. The summed E-state index contributed by atoms with van der Waals surface area (Å²) in [5, 5.41) is 3.41. The van der Waals surface area contributed by atoms with Gasteiger partial charge in [0.05, 0.1) is 0 Å². The fourth-order valence-corrected chi connectivity index (χ4v) is 2.85. The Bertz CT molecular complexity index is 380. The number of likely N-dealkylation sites (N-methyl/N-ethyl adjacent to an activating group) is 1. The predicted molar refractivity (Wildman–Crippen MR) is 82.7 cm³/mol. The number of rotatable bonds is 6. The van der Waals surface area contributed by atoms with Crippen LogP contribution in [-0.2, 0) is 0 Å². The van der Waals surface area contributed by atoms with E-state index in [4.69, 9.17) is 4.74 Å². The summed E-state index contributed by atoms with van der Waals surface area (Å²) in [5.41, 5.74) is 0. The Morgan fingerprint density at radius 1 is 1.37 bits per heavy atom. The smallest absolute Gasteiger partial charge is 0.120 e. The molecule has 0 amide bonds. The van der Waals surface area contributed by atoms with E-state index in [9.17, 15) is 0 Å². The van der Waals surface area contributed by atoms with Crippen molar-refractivity contribution in [2.75, 3.05) is 39.8 Å². The zero-order chi connectivity index (χ0) is 13.5. The molecule has 0 radical (unpaired) electrons. The minimum Gasteiger partial charge on any atom is -0.492 e. The highest BCUT2D eigenvalue weighted by atomic mass is 79.9. The summed E-state index contributed by atoms with van der Waals surface area (Å²) in [7, 11) is 2.19. The summed E-state index contributed by atoms with van der Waals surface area (Å²) in [4.78, 5) is 2.38. The van der Waals surface area contributed by atoms with Crippen LogP contribution in [0.2, 0.25) is 0 Å². The molecule has 19 heavy (non-hydrogen) atoms. The van der Waals surface area contributed by atoms with Crippen LogP contribution in [-0.4, -0.2) is 44.7 Å². The first-order valence-electron chi connectivity index (χ1n) is 7.01. The van der Waals surface area contributed by atoms with E-state index in [0.717, 1.165) is 29.3 Å². The quantitative estimate of drug-likeness (QED) is 0.870. The lowest BCUT2D eigenvalue weighted by Gasteiger charge is -2.27. The van der Waals surface area contributed by atoms with Crippen molar-refractivity contribution in [2.24, 2.45) is 5.92 Å². The minimum absolute atomic E-state index is 0.748. The third-order valence-electron chi connectivity index (χ3n) is 3.57. The summed E-state index contributed by atoms with van der Waals surface area (Å²) in [6.07, 6.45) is 2.60. The molecule has 1 fully saturated rings. The van der Waals surface area contributed by atoms with Crippen molar-refractivity contribution in [1.29, 1.82) is 0 Å². The van der Waals surface area contributed by atoms with Gasteiger partial charge in [0.25, 0.3) is 0 Å². The maximum atomic E-state index is 5.76. The second-order valence-electron chi connectivity index (χ2n) is 5.26. The average molecular weight is 327 g/mol. The van der Waals surface area contributed by atoms with Crippen molar-refractivity contribution < 1.29 is 4.74 Å². The van der Waals surface area contributed by atoms with Crippen molar-refractivity contribution in [3.63, 3.8) is 0 Å². The van der Waals surface area contributed by atoms with E-state index < -0.39 is 0 Å². The van der Waals surface area contributed by atoms with Crippen LogP contribution in [0.1, 0.15) is 12.8 Å². The van der Waals surface area contributed by atoms with Crippen LogP contribution < -0.4 is 10.1 Å². The van der Waals surface area contributed by atoms with E-state index in [1.165, 1.54) is 32.5 Å². The third kappa shape index (κ3) is 5.51. The molecule has 2 rings (SSSR count). The van der Waals surface area contributed by atoms with Gasteiger partial charge in [0.15, 0.2) is 0 Å². The molecule has 1 N–H and O–H groups in total. The molecule has 0 aliphatic carbocycles. The first kappa shape index (κ1) is 14.8. The molecule has 1 heterocycles. The summed E-state index contributed by atoms with van der Waals surface area (Å²) >= 11 is 3.45. The SMILES string of the molecule is CN(CCOc1cccc(Br)c1)CC1CCNCC1. The van der Waals surface area contributed by atoms with Crippen LogP contribution in [0.25, 0.3) is 0 Å². The molecule has 106 valence electrons. The normalized spacial score (nSPS) is 16.8. The van der Waals surface area contributed by atoms with E-state index in [2.05, 4.69) is 33.2 Å². The number of hydrogen-bond donors (Lipinski definition) is 1. The Balaban J connectivity index is 1.64. The van der Waals surface area contributed by atoms with Gasteiger partial charge in [-0.05, 0) is 57.1 Å². The molecular weight excluding hydrogens is 304 g/mol. The maximum Gasteiger partial charge on any atom is 0.120 e. The molecule has 1 aliphatic heterocycles. The number of nitrogens with zero attached hydrogens (tertiary/aromatic N) is 1. The Labute approximate surface area is 124 Å². The van der Waals surface area contributed by atoms with Crippen molar-refractivity contribution in [1.82, 2.24) is 10.2 Å². The second-order valence-corrected chi connectivity index (χ2v) is 6.18. The van der Waals surface area contributed by atoms with Crippen LogP contribution in [0.15, 0.2) is 28.7 Å². The Morgan fingerprint density at radius 2 is 2.16 bits per heavy atom. The Hall–Kier alpha value is -0.580. The van der Waals surface area contributed by atoms with Crippen molar-refractivity contribution in [3.8, 4) is 5.75 Å². The first-order chi connectivity index (χ1) is 9.24. The number of ether oxygens (including phenoxy) is 1. The maximum absolute atomic E-state index is 5.76. The molecule has 0 unspecified atom stereocenters. The van der Waals surface area contributed by atoms with Crippen LogP contribution in [0.4, 0.5) is 0 Å². The third-order valence-corrected chi connectivity index (χ3v) is 4.06. The van der Waals surface area contributed by atoms with E-state index in [0.29, 0.717) is 0 Å². The topological polar surface area (TPSA) is 24.5 Å². The summed E-state index contributed by atoms with van der Waals surface area (Å²) in [5.74, 6) is 1.78. The Kier molecular flexibility index (Phi) is 6.14. The lowest BCUT2D eigenvalue weighted by Crippen LogP contribution is -2.36. The predicted octanol–water partition coefficient (Wildman–Crippen LogP) is 2.76. The molecule has 0 saturated carbocycles. The fourth-order valence-electron chi connectivity index (χ4n) is 2.47. The van der Waals surface area contributed by atoms with Gasteiger partial charge in [0.1, 0.15) is 12.4 Å². The summed E-state index contributed by atoms with van der Waals surface area (Å²) in [6.45, 7) is 5.26. The molecule has 1 aliphatic rings. The molecule has 1 aromatic rings. The number of benzene rings is 1. The Morgan fingerprint density at radius 3 is 2.89 bits per heavy atom. The van der Waals surface area contributed by atoms with Crippen molar-refractivity contribution in [2.45, 2.75) is 12.8 Å². The van der Waals surface area contributed by atoms with E-state index in [-0.39, 0.29) is 0 Å². The van der Waals surface area contributed by atoms with Crippen molar-refractivity contribution >= 4 is 15.9 Å². The van der Waals surface area contributed by atoms with Crippen molar-refractivity contribution in [3.05, 3.63) is 28.7 Å². The average Bonchev–Trinajstić information content (AvgIpc) is 2.40. The second kappa shape index (κ2) is 7.88. The molecular formula is C15H23BrN2O. The lowest BCUT2D eigenvalue weighted by molar-refractivity contribution is 0.199. The number of halogens is 1. The molecule has 4 heteroatoms. The monoisotopic (exact) mass is 326 g/mol. The molecule has 0 spiro atoms. The van der Waals surface area contributed by atoms with Gasteiger partial charge in [-0.15, -0.1) is 0 Å². The summed E-state index contributed by atoms with van der Waals surface area (Å²) < 4.78 is 6.83. The van der Waals surface area contributed by atoms with Gasteiger partial charge in [0.2, 0.25) is 0 Å². The molecule has 3 nitrogen and oxygen atoms in total. The molecule has 1 aromatic carbocycles. The molecule has 0 aromatic heterocycles. The van der Waals surface area contributed by atoms with Gasteiger partial charge in [-0.3, -0.25) is 0 Å². The van der Waals surface area contributed by atoms with Crippen LogP contribution in [0, 0.1) is 5.92 Å². The minimum atomic E-state index is 0.748.